The minimum absolute atomic E-state index is 0.0157. The normalized spacial score (nSPS) is 34.3. The average Bonchev–Trinajstić information content (AvgIpc) is 0.783. The number of unbranched alkanes of at least 4 members (excludes halogenated alkanes) is 16. The third kappa shape index (κ3) is 25.6. The summed E-state index contributed by atoms with van der Waals surface area (Å²) in [6.07, 6.45) is -2.11. The number of carbonyl (C=O) groups excluding carboxylic acids is 4. The van der Waals surface area contributed by atoms with E-state index in [-0.39, 0.29) is 25.4 Å². The first-order chi connectivity index (χ1) is 45.0. The van der Waals surface area contributed by atoms with Gasteiger partial charge in [0.2, 0.25) is 0 Å². The van der Waals surface area contributed by atoms with Gasteiger partial charge in [0.25, 0.3) is 0 Å². The van der Waals surface area contributed by atoms with Crippen molar-refractivity contribution in [3.8, 4) is 0 Å². The first kappa shape index (κ1) is 78.3. The van der Waals surface area contributed by atoms with Crippen molar-refractivity contribution in [2.75, 3.05) is 6.61 Å². The maximum absolute atomic E-state index is 14.0. The van der Waals surface area contributed by atoms with Crippen LogP contribution in [0.3, 0.4) is 0 Å². The van der Waals surface area contributed by atoms with Gasteiger partial charge in [-0.15, -0.1) is 0 Å². The lowest BCUT2D eigenvalue weighted by atomic mass is 9.95. The fraction of sp³-hybridized carbons (Fsp3) is 0.831. The number of rotatable bonds is 32. The Labute approximate surface area is 552 Å². The maximum atomic E-state index is 14.0. The highest BCUT2D eigenvalue weighted by atomic mass is 16.8. The number of benzene rings is 1. The Hall–Kier alpha value is -3.72. The van der Waals surface area contributed by atoms with E-state index in [2.05, 4.69) is 20.8 Å². The lowest BCUT2D eigenvalue weighted by Crippen LogP contribution is -2.67. The summed E-state index contributed by atoms with van der Waals surface area (Å²) in [4.78, 5) is 54.9. The Bertz CT molecular complexity index is 2280. The van der Waals surface area contributed by atoms with Crippen molar-refractivity contribution in [2.24, 2.45) is 0 Å². The zero-order valence-corrected chi connectivity index (χ0v) is 56.5. The molecule has 21 atom stereocenters. The zero-order chi connectivity index (χ0) is 67.1. The zero-order valence-electron chi connectivity index (χ0n) is 56.5. The maximum Gasteiger partial charge on any atom is 0.331 e. The molecule has 5 fully saturated rings. The van der Waals surface area contributed by atoms with Crippen LogP contribution < -0.4 is 0 Å². The summed E-state index contributed by atoms with van der Waals surface area (Å²) in [5, 5.41) is 70.6. The van der Waals surface area contributed by atoms with Crippen molar-refractivity contribution in [3.63, 3.8) is 0 Å². The quantitative estimate of drug-likeness (QED) is 0.0169. The van der Waals surface area contributed by atoms with E-state index in [4.69, 9.17) is 56.8 Å². The third-order valence-electron chi connectivity index (χ3n) is 18.6. The smallest absolute Gasteiger partial charge is 0.331 e. The van der Waals surface area contributed by atoms with Crippen molar-refractivity contribution < 1.29 is 107 Å². The van der Waals surface area contributed by atoms with Crippen molar-refractivity contribution >= 4 is 30.0 Å². The second-order valence-corrected chi connectivity index (χ2v) is 26.3. The highest BCUT2D eigenvalue weighted by molar-refractivity contribution is 5.87. The van der Waals surface area contributed by atoms with E-state index < -0.39 is 153 Å². The molecule has 0 radical (unpaired) electrons. The molecule has 5 heterocycles. The van der Waals surface area contributed by atoms with Gasteiger partial charge >= 0.3 is 23.9 Å². The van der Waals surface area contributed by atoms with Crippen LogP contribution in [0.25, 0.3) is 6.08 Å². The Morgan fingerprint density at radius 1 is 0.495 bits per heavy atom. The van der Waals surface area contributed by atoms with E-state index in [9.17, 15) is 49.8 Å². The molecule has 1 aromatic rings. The fourth-order valence-corrected chi connectivity index (χ4v) is 13.0. The summed E-state index contributed by atoms with van der Waals surface area (Å²) >= 11 is 0. The van der Waals surface area contributed by atoms with Gasteiger partial charge < -0.3 is 87.5 Å². The molecule has 5 aliphatic rings. The number of hydrogen-bond acceptors (Lipinski definition) is 22. The topological polar surface area (TPSA) is 300 Å². The number of fused-ring (bicyclic) bond motifs is 2. The van der Waals surface area contributed by atoms with Crippen molar-refractivity contribution in [3.05, 3.63) is 42.0 Å². The van der Waals surface area contributed by atoms with Crippen molar-refractivity contribution in [2.45, 2.75) is 370 Å². The molecule has 0 spiro atoms. The van der Waals surface area contributed by atoms with Gasteiger partial charge in [-0.3, -0.25) is 14.4 Å². The molecule has 5 aliphatic heterocycles. The predicted molar refractivity (Wildman–Crippen MR) is 343 cm³/mol. The van der Waals surface area contributed by atoms with Crippen LogP contribution >= 0.6 is 0 Å². The van der Waals surface area contributed by atoms with Gasteiger partial charge in [-0.1, -0.05) is 199 Å². The largest absolute Gasteiger partial charge is 0.457 e. The summed E-state index contributed by atoms with van der Waals surface area (Å²) in [6, 6.07) is 8.98. The van der Waals surface area contributed by atoms with Crippen LogP contribution in [0.5, 0.6) is 0 Å². The van der Waals surface area contributed by atoms with Gasteiger partial charge in [0, 0.05) is 25.3 Å². The highest BCUT2D eigenvalue weighted by Crippen LogP contribution is 2.38. The molecule has 22 heteroatoms. The molecule has 1 aromatic carbocycles. The molecule has 22 nitrogen and oxygen atoms in total. The van der Waals surface area contributed by atoms with Gasteiger partial charge in [-0.2, -0.15) is 0 Å². The van der Waals surface area contributed by atoms with Crippen LogP contribution in [-0.4, -0.2) is 190 Å². The Balaban J connectivity index is 1.26. The Kier molecular flexibility index (Phi) is 36.1. The molecule has 0 unspecified atom stereocenters. The van der Waals surface area contributed by atoms with Gasteiger partial charge in [-0.05, 0) is 64.5 Å². The van der Waals surface area contributed by atoms with Crippen LogP contribution in [0.4, 0.5) is 0 Å². The molecule has 93 heavy (non-hydrogen) atoms. The van der Waals surface area contributed by atoms with E-state index in [1.165, 1.54) is 25.0 Å². The summed E-state index contributed by atoms with van der Waals surface area (Å²) in [6.45, 7) is 10.4. The number of carbonyl (C=O) groups is 4. The number of ether oxygens (including phenoxy) is 12. The van der Waals surface area contributed by atoms with E-state index in [0.717, 1.165) is 135 Å². The van der Waals surface area contributed by atoms with Crippen LogP contribution in [0.2, 0.25) is 0 Å². The summed E-state index contributed by atoms with van der Waals surface area (Å²) in [5.74, 6) is -2.86. The molecule has 6 rings (SSSR count). The monoisotopic (exact) mass is 1320 g/mol. The summed E-state index contributed by atoms with van der Waals surface area (Å²) in [7, 11) is 0. The highest BCUT2D eigenvalue weighted by Gasteiger charge is 2.57. The standard InChI is InChI=1S/C71H116O22/c1-7-10-13-15-17-18-22-26-34-41-53(74)88-66-59(80)62(91-68-65(90-55(76)44-43-49-36-30-28-31-37-49)58(79)61(46(4)82-68)87-52(73)40-33-25-20-16-14-11-8-2)47(5)83-69(66)92-63-48(6)84-70-67(60(63)81)89-54(75)42-35-27-23-19-21-24-32-39-50(38-29-12-9-3)85-71-64(93-70)57(78)56(77)51(45-72)86-71/h28,30-31,36-37,43-44,46-48,50-51,56-72,77-81H,7-27,29,32-35,38-42,45H2,1-6H3/b44-43+/t46-,47-,48-,50-,51+,56+,57-,58+,59+,60+,61-,62-,63-,64+,65+,66+,67+,68-,69-,70-,71+/m0/s1. The van der Waals surface area contributed by atoms with Crippen LogP contribution in [0.1, 0.15) is 246 Å². The van der Waals surface area contributed by atoms with E-state index in [1.807, 2.05) is 6.07 Å². The fourth-order valence-electron chi connectivity index (χ4n) is 13.0. The molecule has 0 bridgehead atoms. The molecular formula is C71H116O22. The Morgan fingerprint density at radius 3 is 1.57 bits per heavy atom. The second-order valence-electron chi connectivity index (χ2n) is 26.3. The number of esters is 4. The lowest BCUT2D eigenvalue weighted by molar-refractivity contribution is -0.388. The van der Waals surface area contributed by atoms with Gasteiger partial charge in [0.1, 0.15) is 54.9 Å². The molecule has 0 amide bonds. The molecule has 0 aromatic heterocycles. The SMILES string of the molecule is CCCCCCCCCCCC(=O)O[C@H]1[C@H](O[C@@H]2[C@@H](O)[C@H]3OC(=O)CCCCCCCCC[C@H](CCCCC)O[C@@H]4O[C@H](CO)[C@@H](O)[C@H](O)[C@H]4O[C@@H]3O[C@H]2C)O[C@@H](C)[C@H](O[C@@H]2O[C@@H](C)[C@H](OC(=O)CCCCCCCCC)[C@@H](O)[C@H]2OC(=O)/C=C/c2ccccc2)[C@H]1O. The minimum atomic E-state index is -1.81. The number of aliphatic hydroxyl groups is 6. The van der Waals surface area contributed by atoms with E-state index in [0.29, 0.717) is 37.7 Å². The molecule has 5 saturated heterocycles. The van der Waals surface area contributed by atoms with E-state index in [1.54, 1.807) is 45.0 Å². The lowest BCUT2D eigenvalue weighted by Gasteiger charge is -2.49. The first-order valence-electron chi connectivity index (χ1n) is 35.7. The molecule has 0 aliphatic carbocycles. The number of aliphatic hydroxyl groups excluding tert-OH is 6. The first-order valence-corrected chi connectivity index (χ1v) is 35.7. The van der Waals surface area contributed by atoms with Crippen LogP contribution in [-0.2, 0) is 76.0 Å². The molecule has 0 saturated carbocycles. The predicted octanol–water partition coefficient (Wildman–Crippen LogP) is 9.81. The Morgan fingerprint density at radius 2 is 0.978 bits per heavy atom. The molecule has 6 N–H and O–H groups in total. The third-order valence-corrected chi connectivity index (χ3v) is 18.6. The summed E-state index contributed by atoms with van der Waals surface area (Å²) < 4.78 is 75.7. The summed E-state index contributed by atoms with van der Waals surface area (Å²) in [5.41, 5.74) is 0.686. The van der Waals surface area contributed by atoms with Gasteiger partial charge in [-0.25, -0.2) is 4.79 Å². The number of hydrogen-bond donors (Lipinski definition) is 6. The van der Waals surface area contributed by atoms with Gasteiger partial charge in [0.15, 0.2) is 49.6 Å². The van der Waals surface area contributed by atoms with Gasteiger partial charge in [0.05, 0.1) is 31.0 Å². The molecular weight excluding hydrogens is 1200 g/mol. The van der Waals surface area contributed by atoms with Crippen molar-refractivity contribution in [1.82, 2.24) is 0 Å². The van der Waals surface area contributed by atoms with Crippen LogP contribution in [0, 0.1) is 0 Å². The van der Waals surface area contributed by atoms with Crippen LogP contribution in [0.15, 0.2) is 36.4 Å². The van der Waals surface area contributed by atoms with Crippen molar-refractivity contribution in [1.29, 1.82) is 0 Å². The van der Waals surface area contributed by atoms with E-state index >= 15 is 0 Å². The second kappa shape index (κ2) is 42.8. The average molecular weight is 1320 g/mol. The molecule has 532 valence electrons. The minimum Gasteiger partial charge on any atom is -0.457 e.